The third-order valence-corrected chi connectivity index (χ3v) is 10.0. The van der Waals surface area contributed by atoms with Gasteiger partial charge in [-0.05, 0) is 25.7 Å². The molecule has 0 saturated carbocycles. The highest BCUT2D eigenvalue weighted by Gasteiger charge is 2.34. The van der Waals surface area contributed by atoms with E-state index in [1.807, 2.05) is 26.5 Å². The Morgan fingerprint density at radius 1 is 1.08 bits per heavy atom. The summed E-state index contributed by atoms with van der Waals surface area (Å²) >= 11 is 0. The summed E-state index contributed by atoms with van der Waals surface area (Å²) in [5.74, 6) is 2.19. The standard InChI is InChI=1S/C16H28N2O3S3/c19-16(4-2-1-3-15-5-11-22-23-15)18-9-7-17(8-10-18)14-6-12-24(20,21)13-14/h14-15H,1-13H2/t14-,15+/m1/s1. The monoisotopic (exact) mass is 392 g/mol. The minimum absolute atomic E-state index is 0.175. The number of rotatable bonds is 6. The number of hydrogen-bond acceptors (Lipinski definition) is 6. The normalized spacial score (nSPS) is 30.8. The van der Waals surface area contributed by atoms with Crippen molar-refractivity contribution < 1.29 is 13.2 Å². The molecular weight excluding hydrogens is 364 g/mol. The number of hydrogen-bond donors (Lipinski definition) is 0. The van der Waals surface area contributed by atoms with Crippen LogP contribution in [-0.4, -0.2) is 78.9 Å². The zero-order chi connectivity index (χ0) is 17.0. The Balaban J connectivity index is 1.31. The van der Waals surface area contributed by atoms with Crippen molar-refractivity contribution in [2.24, 2.45) is 0 Å². The van der Waals surface area contributed by atoms with Gasteiger partial charge in [-0.25, -0.2) is 8.42 Å². The Labute approximate surface area is 153 Å². The van der Waals surface area contributed by atoms with Crippen LogP contribution >= 0.6 is 21.6 Å². The van der Waals surface area contributed by atoms with Gasteiger partial charge in [0, 0.05) is 49.6 Å². The lowest BCUT2D eigenvalue weighted by Gasteiger charge is -2.37. The first kappa shape index (κ1) is 18.9. The number of carbonyl (C=O) groups excluding carboxylic acids is 1. The molecule has 3 fully saturated rings. The predicted molar refractivity (Wildman–Crippen MR) is 102 cm³/mol. The van der Waals surface area contributed by atoms with Gasteiger partial charge in [0.2, 0.25) is 5.91 Å². The van der Waals surface area contributed by atoms with Gasteiger partial charge in [0.25, 0.3) is 0 Å². The molecule has 3 rings (SSSR count). The molecule has 0 aromatic rings. The van der Waals surface area contributed by atoms with Crippen LogP contribution in [-0.2, 0) is 14.6 Å². The van der Waals surface area contributed by atoms with Gasteiger partial charge in [-0.3, -0.25) is 9.69 Å². The number of nitrogens with zero attached hydrogens (tertiary/aromatic N) is 2. The molecule has 2 atom stereocenters. The first-order valence-electron chi connectivity index (χ1n) is 9.04. The van der Waals surface area contributed by atoms with Gasteiger partial charge in [-0.2, -0.15) is 0 Å². The fourth-order valence-corrected chi connectivity index (χ4v) is 8.56. The van der Waals surface area contributed by atoms with Crippen molar-refractivity contribution in [2.45, 2.75) is 49.8 Å². The minimum atomic E-state index is -2.82. The number of amides is 1. The van der Waals surface area contributed by atoms with E-state index in [1.165, 1.54) is 18.6 Å². The highest BCUT2D eigenvalue weighted by molar-refractivity contribution is 8.77. The Kier molecular flexibility index (Phi) is 6.79. The van der Waals surface area contributed by atoms with Gasteiger partial charge >= 0.3 is 0 Å². The Morgan fingerprint density at radius 2 is 1.88 bits per heavy atom. The van der Waals surface area contributed by atoms with Crippen molar-refractivity contribution >= 4 is 37.3 Å². The lowest BCUT2D eigenvalue weighted by atomic mass is 10.1. The molecule has 3 heterocycles. The topological polar surface area (TPSA) is 57.7 Å². The van der Waals surface area contributed by atoms with E-state index in [-0.39, 0.29) is 11.9 Å². The fourth-order valence-electron chi connectivity index (χ4n) is 3.77. The zero-order valence-corrected chi connectivity index (χ0v) is 16.6. The maximum Gasteiger partial charge on any atom is 0.222 e. The summed E-state index contributed by atoms with van der Waals surface area (Å²) in [6.45, 7) is 3.15. The number of sulfone groups is 1. The van der Waals surface area contributed by atoms with Crippen molar-refractivity contribution in [3.63, 3.8) is 0 Å². The van der Waals surface area contributed by atoms with Crippen molar-refractivity contribution in [1.82, 2.24) is 9.80 Å². The molecule has 138 valence electrons. The van der Waals surface area contributed by atoms with E-state index >= 15 is 0 Å². The van der Waals surface area contributed by atoms with Crippen LogP contribution in [0.25, 0.3) is 0 Å². The van der Waals surface area contributed by atoms with Crippen molar-refractivity contribution in [3.8, 4) is 0 Å². The minimum Gasteiger partial charge on any atom is -0.340 e. The third-order valence-electron chi connectivity index (χ3n) is 5.29. The van der Waals surface area contributed by atoms with Crippen LogP contribution in [0.5, 0.6) is 0 Å². The van der Waals surface area contributed by atoms with Crippen LogP contribution in [0.3, 0.4) is 0 Å². The Morgan fingerprint density at radius 3 is 2.50 bits per heavy atom. The molecule has 0 N–H and O–H groups in total. The van der Waals surface area contributed by atoms with E-state index in [2.05, 4.69) is 4.90 Å². The Bertz CT molecular complexity index is 527. The smallest absolute Gasteiger partial charge is 0.222 e. The van der Waals surface area contributed by atoms with Crippen LogP contribution in [0, 0.1) is 0 Å². The average molecular weight is 393 g/mol. The van der Waals surface area contributed by atoms with E-state index in [1.54, 1.807) is 0 Å². The van der Waals surface area contributed by atoms with E-state index in [4.69, 9.17) is 0 Å². The summed E-state index contributed by atoms with van der Waals surface area (Å²) in [4.78, 5) is 16.6. The summed E-state index contributed by atoms with van der Waals surface area (Å²) in [7, 11) is 1.17. The molecule has 0 unspecified atom stereocenters. The summed E-state index contributed by atoms with van der Waals surface area (Å²) in [5, 5.41) is 0.802. The molecule has 0 radical (unpaired) electrons. The van der Waals surface area contributed by atoms with Crippen molar-refractivity contribution in [2.75, 3.05) is 43.4 Å². The van der Waals surface area contributed by atoms with Gasteiger partial charge in [0.1, 0.15) is 0 Å². The summed E-state index contributed by atoms with van der Waals surface area (Å²) in [5.41, 5.74) is 0. The number of unbranched alkanes of at least 4 members (excludes halogenated alkanes) is 1. The molecule has 0 bridgehead atoms. The van der Waals surface area contributed by atoms with Gasteiger partial charge in [0.15, 0.2) is 9.84 Å². The molecule has 24 heavy (non-hydrogen) atoms. The fraction of sp³-hybridized carbons (Fsp3) is 0.938. The summed E-state index contributed by atoms with van der Waals surface area (Å²) < 4.78 is 23.2. The third kappa shape index (κ3) is 5.29. The second-order valence-corrected chi connectivity index (χ2v) is 12.1. The van der Waals surface area contributed by atoms with Crippen molar-refractivity contribution in [3.05, 3.63) is 0 Å². The quantitative estimate of drug-likeness (QED) is 0.509. The molecule has 0 spiro atoms. The average Bonchev–Trinajstić information content (AvgIpc) is 3.21. The molecule has 0 aromatic heterocycles. The van der Waals surface area contributed by atoms with E-state index in [0.717, 1.165) is 50.7 Å². The molecule has 8 heteroatoms. The molecule has 3 saturated heterocycles. The number of piperazine rings is 1. The molecule has 3 aliphatic heterocycles. The van der Waals surface area contributed by atoms with Gasteiger partial charge < -0.3 is 4.90 Å². The molecule has 5 nitrogen and oxygen atoms in total. The number of carbonyl (C=O) groups is 1. The highest BCUT2D eigenvalue weighted by atomic mass is 33.1. The van der Waals surface area contributed by atoms with E-state index in [0.29, 0.717) is 17.9 Å². The Hall–Kier alpha value is 0.0800. The first-order valence-corrected chi connectivity index (χ1v) is 13.2. The largest absolute Gasteiger partial charge is 0.340 e. The van der Waals surface area contributed by atoms with E-state index < -0.39 is 9.84 Å². The molecule has 3 aliphatic rings. The first-order chi connectivity index (χ1) is 11.5. The van der Waals surface area contributed by atoms with E-state index in [9.17, 15) is 13.2 Å². The second-order valence-electron chi connectivity index (χ2n) is 7.05. The lowest BCUT2D eigenvalue weighted by molar-refractivity contribution is -0.133. The molecular formula is C16H28N2O3S3. The van der Waals surface area contributed by atoms with Gasteiger partial charge in [-0.1, -0.05) is 28.0 Å². The summed E-state index contributed by atoms with van der Waals surface area (Å²) in [6, 6.07) is 0.175. The van der Waals surface area contributed by atoms with Gasteiger partial charge in [-0.15, -0.1) is 0 Å². The maximum atomic E-state index is 12.3. The predicted octanol–water partition coefficient (Wildman–Crippen LogP) is 2.03. The lowest BCUT2D eigenvalue weighted by Crippen LogP contribution is -2.52. The highest BCUT2D eigenvalue weighted by Crippen LogP contribution is 2.39. The van der Waals surface area contributed by atoms with Crippen LogP contribution in [0.4, 0.5) is 0 Å². The SMILES string of the molecule is O=C(CCCC[C@H]1CCSS1)N1CCN([C@@H]2CCS(=O)(=O)C2)CC1. The van der Waals surface area contributed by atoms with Crippen LogP contribution < -0.4 is 0 Å². The summed E-state index contributed by atoms with van der Waals surface area (Å²) in [6.07, 6.45) is 6.15. The molecule has 1 amide bonds. The van der Waals surface area contributed by atoms with Crippen LogP contribution in [0.15, 0.2) is 0 Å². The van der Waals surface area contributed by atoms with Crippen molar-refractivity contribution in [1.29, 1.82) is 0 Å². The zero-order valence-electron chi connectivity index (χ0n) is 14.2. The van der Waals surface area contributed by atoms with Gasteiger partial charge in [0.05, 0.1) is 11.5 Å². The molecule has 0 aromatic carbocycles. The second kappa shape index (κ2) is 8.64. The van der Waals surface area contributed by atoms with Crippen LogP contribution in [0.1, 0.15) is 38.5 Å². The van der Waals surface area contributed by atoms with Crippen LogP contribution in [0.2, 0.25) is 0 Å². The maximum absolute atomic E-state index is 12.3. The molecule has 0 aliphatic carbocycles.